The summed E-state index contributed by atoms with van der Waals surface area (Å²) in [5, 5.41) is 4.10. The first-order valence-corrected chi connectivity index (χ1v) is 7.21. The van der Waals surface area contributed by atoms with Crippen LogP contribution < -0.4 is 5.32 Å². The molecule has 0 saturated carbocycles. The van der Waals surface area contributed by atoms with Crippen LogP contribution in [-0.4, -0.2) is 6.54 Å². The molecule has 0 aliphatic carbocycles. The van der Waals surface area contributed by atoms with Gasteiger partial charge in [0.15, 0.2) is 0 Å². The first kappa shape index (κ1) is 14.5. The van der Waals surface area contributed by atoms with Crippen molar-refractivity contribution in [3.05, 3.63) is 68.9 Å². The van der Waals surface area contributed by atoms with Gasteiger partial charge in [-0.3, -0.25) is 0 Å². The highest BCUT2D eigenvalue weighted by atomic mass is 79.9. The number of hydrogen-bond donors (Lipinski definition) is 1. The zero-order valence-electron chi connectivity index (χ0n) is 10.3. The molecule has 100 valence electrons. The summed E-state index contributed by atoms with van der Waals surface area (Å²) in [6.07, 6.45) is 0.867. The van der Waals surface area contributed by atoms with E-state index < -0.39 is 0 Å². The van der Waals surface area contributed by atoms with Crippen molar-refractivity contribution in [2.75, 3.05) is 6.54 Å². The van der Waals surface area contributed by atoms with E-state index in [1.165, 1.54) is 12.1 Å². The fourth-order valence-electron chi connectivity index (χ4n) is 1.79. The van der Waals surface area contributed by atoms with Crippen molar-refractivity contribution in [1.29, 1.82) is 0 Å². The van der Waals surface area contributed by atoms with Crippen LogP contribution in [-0.2, 0) is 13.0 Å². The number of benzene rings is 2. The first-order valence-electron chi connectivity index (χ1n) is 6.04. The van der Waals surface area contributed by atoms with Crippen LogP contribution in [0.4, 0.5) is 4.39 Å². The molecule has 0 aliphatic heterocycles. The minimum absolute atomic E-state index is 0.197. The topological polar surface area (TPSA) is 12.0 Å². The molecule has 0 radical (unpaired) electrons. The molecule has 0 fully saturated rings. The molecule has 0 heterocycles. The molecule has 1 N–H and O–H groups in total. The normalized spacial score (nSPS) is 10.7. The van der Waals surface area contributed by atoms with Gasteiger partial charge in [-0.25, -0.2) is 4.39 Å². The molecule has 0 aromatic heterocycles. The third-order valence-electron chi connectivity index (χ3n) is 2.83. The Labute approximate surface area is 125 Å². The van der Waals surface area contributed by atoms with Crippen molar-refractivity contribution in [2.24, 2.45) is 0 Å². The molecule has 2 rings (SSSR count). The van der Waals surface area contributed by atoms with E-state index in [9.17, 15) is 4.39 Å². The average Bonchev–Trinajstić information content (AvgIpc) is 2.40. The highest BCUT2D eigenvalue weighted by molar-refractivity contribution is 9.10. The Hall–Kier alpha value is -0.900. The maximum absolute atomic E-state index is 12.7. The highest BCUT2D eigenvalue weighted by Crippen LogP contribution is 2.20. The summed E-state index contributed by atoms with van der Waals surface area (Å²) in [6.45, 7) is 1.55. The van der Waals surface area contributed by atoms with Gasteiger partial charge in [-0.05, 0) is 54.4 Å². The van der Waals surface area contributed by atoms with Crippen molar-refractivity contribution in [3.8, 4) is 0 Å². The van der Waals surface area contributed by atoms with Gasteiger partial charge in [-0.1, -0.05) is 39.7 Å². The van der Waals surface area contributed by atoms with Crippen molar-refractivity contribution in [2.45, 2.75) is 13.0 Å². The average molecular weight is 343 g/mol. The monoisotopic (exact) mass is 341 g/mol. The molecule has 0 atom stereocenters. The second-order valence-corrected chi connectivity index (χ2v) is 5.61. The van der Waals surface area contributed by atoms with E-state index in [1.54, 1.807) is 0 Å². The molecule has 0 unspecified atom stereocenters. The Balaban J connectivity index is 1.80. The zero-order valence-corrected chi connectivity index (χ0v) is 12.6. The molecule has 2 aromatic rings. The fourth-order valence-corrected chi connectivity index (χ4v) is 2.38. The van der Waals surface area contributed by atoms with E-state index in [2.05, 4.69) is 21.2 Å². The summed E-state index contributed by atoms with van der Waals surface area (Å²) in [5.74, 6) is -0.197. The smallest absolute Gasteiger partial charge is 0.123 e. The van der Waals surface area contributed by atoms with Crippen molar-refractivity contribution in [3.63, 3.8) is 0 Å². The lowest BCUT2D eigenvalue weighted by Crippen LogP contribution is -2.16. The summed E-state index contributed by atoms with van der Waals surface area (Å²) in [4.78, 5) is 0. The van der Waals surface area contributed by atoms with E-state index in [-0.39, 0.29) is 5.82 Å². The summed E-state index contributed by atoms with van der Waals surface area (Å²) in [7, 11) is 0. The summed E-state index contributed by atoms with van der Waals surface area (Å²) in [5.41, 5.74) is 2.18. The summed E-state index contributed by atoms with van der Waals surface area (Å²) < 4.78 is 13.8. The van der Waals surface area contributed by atoms with Gasteiger partial charge in [0.1, 0.15) is 5.82 Å². The minimum atomic E-state index is -0.197. The third-order valence-corrected chi connectivity index (χ3v) is 3.69. The molecule has 1 nitrogen and oxygen atoms in total. The van der Waals surface area contributed by atoms with Crippen LogP contribution in [0.2, 0.25) is 5.02 Å². The Kier molecular flexibility index (Phi) is 5.37. The summed E-state index contributed by atoms with van der Waals surface area (Å²) in [6, 6.07) is 12.4. The first-order chi connectivity index (χ1) is 9.15. The lowest BCUT2D eigenvalue weighted by atomic mass is 10.1. The van der Waals surface area contributed by atoms with Crippen LogP contribution in [0.25, 0.3) is 0 Å². The molecule has 0 saturated heterocycles. The third kappa shape index (κ3) is 4.60. The molecule has 0 aliphatic rings. The van der Waals surface area contributed by atoms with Gasteiger partial charge in [0.25, 0.3) is 0 Å². The van der Waals surface area contributed by atoms with E-state index in [1.807, 2.05) is 30.3 Å². The molecule has 4 heteroatoms. The Morgan fingerprint density at radius 3 is 2.58 bits per heavy atom. The van der Waals surface area contributed by atoms with Crippen LogP contribution in [0.5, 0.6) is 0 Å². The lowest BCUT2D eigenvalue weighted by Gasteiger charge is -2.07. The van der Waals surface area contributed by atoms with Gasteiger partial charge in [-0.15, -0.1) is 0 Å². The molecule has 19 heavy (non-hydrogen) atoms. The maximum Gasteiger partial charge on any atom is 0.123 e. The van der Waals surface area contributed by atoms with E-state index >= 15 is 0 Å². The van der Waals surface area contributed by atoms with Crippen LogP contribution in [0, 0.1) is 5.82 Å². The molecule has 2 aromatic carbocycles. The number of hydrogen-bond acceptors (Lipinski definition) is 1. The Morgan fingerprint density at radius 1 is 1.11 bits per heavy atom. The number of nitrogens with one attached hydrogen (secondary N) is 1. The Bertz CT molecular complexity index is 542. The number of rotatable bonds is 5. The van der Waals surface area contributed by atoms with E-state index in [4.69, 9.17) is 11.6 Å². The minimum Gasteiger partial charge on any atom is -0.312 e. The van der Waals surface area contributed by atoms with Gasteiger partial charge in [0.05, 0.1) is 0 Å². The number of halogens is 3. The fraction of sp³-hybridized carbons (Fsp3) is 0.200. The van der Waals surface area contributed by atoms with Crippen LogP contribution in [0.15, 0.2) is 46.9 Å². The van der Waals surface area contributed by atoms with Gasteiger partial charge in [0.2, 0.25) is 0 Å². The molecule has 0 spiro atoms. The maximum atomic E-state index is 12.7. The van der Waals surface area contributed by atoms with Gasteiger partial charge in [-0.2, -0.15) is 0 Å². The second kappa shape index (κ2) is 7.04. The quantitative estimate of drug-likeness (QED) is 0.785. The van der Waals surface area contributed by atoms with Gasteiger partial charge >= 0.3 is 0 Å². The molecular formula is C15H14BrClFN. The molecule has 0 bridgehead atoms. The zero-order chi connectivity index (χ0) is 13.7. The lowest BCUT2D eigenvalue weighted by molar-refractivity contribution is 0.626. The highest BCUT2D eigenvalue weighted by Gasteiger charge is 2.01. The van der Waals surface area contributed by atoms with Crippen molar-refractivity contribution < 1.29 is 4.39 Å². The molecule has 0 amide bonds. The van der Waals surface area contributed by atoms with E-state index in [0.29, 0.717) is 0 Å². The van der Waals surface area contributed by atoms with Crippen molar-refractivity contribution >= 4 is 27.5 Å². The van der Waals surface area contributed by atoms with Crippen LogP contribution >= 0.6 is 27.5 Å². The summed E-state index contributed by atoms with van der Waals surface area (Å²) >= 11 is 9.53. The van der Waals surface area contributed by atoms with Crippen molar-refractivity contribution in [1.82, 2.24) is 5.32 Å². The predicted octanol–water partition coefficient (Wildman–Crippen LogP) is 4.57. The van der Waals surface area contributed by atoms with Crippen LogP contribution in [0.1, 0.15) is 11.1 Å². The standard InChI is InChI=1S/C15H14BrClFN/c16-13-3-6-15(17)12(9-13)10-19-8-7-11-1-4-14(18)5-2-11/h1-6,9,19H,7-8,10H2. The molecular weight excluding hydrogens is 329 g/mol. The predicted molar refractivity (Wildman–Crippen MR) is 81.0 cm³/mol. The largest absolute Gasteiger partial charge is 0.312 e. The van der Waals surface area contributed by atoms with Crippen LogP contribution in [0.3, 0.4) is 0 Å². The Morgan fingerprint density at radius 2 is 1.84 bits per heavy atom. The van der Waals surface area contributed by atoms with E-state index in [0.717, 1.165) is 40.1 Å². The van der Waals surface area contributed by atoms with Gasteiger partial charge < -0.3 is 5.32 Å². The second-order valence-electron chi connectivity index (χ2n) is 4.29. The SMILES string of the molecule is Fc1ccc(CCNCc2cc(Br)ccc2Cl)cc1. The van der Waals surface area contributed by atoms with Gasteiger partial charge in [0, 0.05) is 16.0 Å².